The highest BCUT2D eigenvalue weighted by Gasteiger charge is 2.50. The van der Waals surface area contributed by atoms with Gasteiger partial charge < -0.3 is 19.6 Å². The molecule has 29 heavy (non-hydrogen) atoms. The van der Waals surface area contributed by atoms with Crippen LogP contribution in [0.1, 0.15) is 30.9 Å². The quantitative estimate of drug-likeness (QED) is 0.819. The van der Waals surface area contributed by atoms with Gasteiger partial charge in [0.2, 0.25) is 11.8 Å². The lowest BCUT2D eigenvalue weighted by atomic mass is 9.90. The van der Waals surface area contributed by atoms with Crippen molar-refractivity contribution in [1.29, 1.82) is 0 Å². The number of ether oxygens (including phenoxy) is 1. The first-order valence-electron chi connectivity index (χ1n) is 10.5. The van der Waals surface area contributed by atoms with Crippen LogP contribution < -0.4 is 4.74 Å². The van der Waals surface area contributed by atoms with Crippen LogP contribution in [0.3, 0.4) is 0 Å². The minimum absolute atomic E-state index is 0.0669. The fourth-order valence-electron chi connectivity index (χ4n) is 5.22. The van der Waals surface area contributed by atoms with Crippen molar-refractivity contribution in [2.75, 3.05) is 46.9 Å². The number of nitrogens with zero attached hydrogens (tertiary/aromatic N) is 3. The van der Waals surface area contributed by atoms with Crippen LogP contribution in [0.2, 0.25) is 0 Å². The van der Waals surface area contributed by atoms with Gasteiger partial charge in [0.1, 0.15) is 5.75 Å². The number of benzene rings is 1. The lowest BCUT2D eigenvalue weighted by molar-refractivity contribution is -0.142. The van der Waals surface area contributed by atoms with E-state index in [1.54, 1.807) is 7.11 Å². The summed E-state index contributed by atoms with van der Waals surface area (Å²) < 4.78 is 5.28. The van der Waals surface area contributed by atoms with Crippen molar-refractivity contribution in [3.63, 3.8) is 0 Å². The van der Waals surface area contributed by atoms with E-state index in [4.69, 9.17) is 4.74 Å². The topological polar surface area (TPSA) is 73.3 Å². The van der Waals surface area contributed by atoms with E-state index in [1.165, 1.54) is 0 Å². The molecule has 3 saturated heterocycles. The molecule has 3 aliphatic rings. The molecule has 3 atom stereocenters. The molecule has 2 unspecified atom stereocenters. The van der Waals surface area contributed by atoms with Crippen LogP contribution in [0.4, 0.5) is 0 Å². The number of carbonyl (C=O) groups excluding carboxylic acids is 2. The molecule has 0 bridgehead atoms. The minimum atomic E-state index is -0.227. The minimum Gasteiger partial charge on any atom is -0.497 e. The molecule has 0 aromatic heterocycles. The van der Waals surface area contributed by atoms with Gasteiger partial charge in [0.25, 0.3) is 0 Å². The number of carbonyl (C=O) groups is 2. The predicted octanol–water partition coefficient (Wildman–Crippen LogP) is 1.13. The SMILES string of the molecule is COc1ccc(C2C(C(=O)N3CCC(CO)CC3)C[C@H]3CN(C)CC(=O)N23)cc1. The largest absolute Gasteiger partial charge is 0.497 e. The Balaban J connectivity index is 1.61. The Hall–Kier alpha value is -2.12. The van der Waals surface area contributed by atoms with E-state index in [0.717, 1.165) is 30.7 Å². The number of piperidine rings is 1. The average molecular weight is 402 g/mol. The van der Waals surface area contributed by atoms with Crippen LogP contribution in [0, 0.1) is 11.8 Å². The summed E-state index contributed by atoms with van der Waals surface area (Å²) in [5.41, 5.74) is 0.995. The number of fused-ring (bicyclic) bond motifs is 1. The zero-order valence-corrected chi connectivity index (χ0v) is 17.3. The number of aliphatic hydroxyl groups is 1. The van der Waals surface area contributed by atoms with Gasteiger partial charge in [0.15, 0.2) is 0 Å². The van der Waals surface area contributed by atoms with Gasteiger partial charge in [-0.1, -0.05) is 12.1 Å². The molecule has 3 fully saturated rings. The van der Waals surface area contributed by atoms with Gasteiger partial charge in [-0.3, -0.25) is 14.5 Å². The third-order valence-corrected chi connectivity index (χ3v) is 6.77. The summed E-state index contributed by atoms with van der Waals surface area (Å²) in [7, 11) is 3.60. The number of rotatable bonds is 4. The standard InChI is InChI=1S/C22H31N3O4/c1-23-12-17-11-19(22(28)24-9-7-15(14-26)8-10-24)21(25(17)20(27)13-23)16-3-5-18(29-2)6-4-16/h3-6,15,17,19,21,26H,7-14H2,1-2H3/t17-,19?,21?/m0/s1. The van der Waals surface area contributed by atoms with Crippen LogP contribution in [0.5, 0.6) is 5.75 Å². The highest BCUT2D eigenvalue weighted by Crippen LogP contribution is 2.44. The smallest absolute Gasteiger partial charge is 0.237 e. The number of likely N-dealkylation sites (N-methyl/N-ethyl adjacent to an activating group) is 1. The fraction of sp³-hybridized carbons (Fsp3) is 0.636. The molecule has 0 aliphatic carbocycles. The van der Waals surface area contributed by atoms with E-state index >= 15 is 0 Å². The van der Waals surface area contributed by atoms with E-state index in [1.807, 2.05) is 46.0 Å². The Kier molecular flexibility index (Phi) is 5.79. The first kappa shape index (κ1) is 20.2. The summed E-state index contributed by atoms with van der Waals surface area (Å²) in [6, 6.07) is 7.60. The van der Waals surface area contributed by atoms with Crippen molar-refractivity contribution < 1.29 is 19.4 Å². The van der Waals surface area contributed by atoms with Crippen LogP contribution in [0.15, 0.2) is 24.3 Å². The molecule has 1 aromatic carbocycles. The maximum Gasteiger partial charge on any atom is 0.237 e. The number of piperazine rings is 1. The second-order valence-corrected chi connectivity index (χ2v) is 8.66. The number of methoxy groups -OCH3 is 1. The number of likely N-dealkylation sites (tertiary alicyclic amines) is 1. The molecule has 7 heteroatoms. The first-order chi connectivity index (χ1) is 14.0. The predicted molar refractivity (Wildman–Crippen MR) is 108 cm³/mol. The maximum absolute atomic E-state index is 13.5. The number of aliphatic hydroxyl groups excluding tert-OH is 1. The monoisotopic (exact) mass is 401 g/mol. The Bertz CT molecular complexity index is 745. The van der Waals surface area contributed by atoms with Crippen LogP contribution in [0.25, 0.3) is 0 Å². The second kappa shape index (κ2) is 8.32. The van der Waals surface area contributed by atoms with Crippen molar-refractivity contribution in [3.05, 3.63) is 29.8 Å². The molecule has 3 heterocycles. The number of hydrogen-bond acceptors (Lipinski definition) is 5. The lowest BCUT2D eigenvalue weighted by Crippen LogP contribution is -2.53. The molecular formula is C22H31N3O4. The highest BCUT2D eigenvalue weighted by atomic mass is 16.5. The summed E-state index contributed by atoms with van der Waals surface area (Å²) in [5, 5.41) is 9.39. The molecule has 3 aliphatic heterocycles. The van der Waals surface area contributed by atoms with E-state index in [2.05, 4.69) is 0 Å². The molecular weight excluding hydrogens is 370 g/mol. The normalized spacial score (nSPS) is 28.5. The molecule has 0 radical (unpaired) electrons. The molecule has 1 aromatic rings. The van der Waals surface area contributed by atoms with E-state index < -0.39 is 0 Å². The molecule has 4 rings (SSSR count). The van der Waals surface area contributed by atoms with Crippen molar-refractivity contribution in [1.82, 2.24) is 14.7 Å². The Morgan fingerprint density at radius 2 is 1.90 bits per heavy atom. The van der Waals surface area contributed by atoms with Crippen LogP contribution >= 0.6 is 0 Å². The van der Waals surface area contributed by atoms with Crippen LogP contribution in [-0.4, -0.2) is 84.6 Å². The molecule has 0 spiro atoms. The van der Waals surface area contributed by atoms with Gasteiger partial charge in [-0.05, 0) is 49.9 Å². The average Bonchev–Trinajstić information content (AvgIpc) is 3.13. The van der Waals surface area contributed by atoms with E-state index in [0.29, 0.717) is 32.0 Å². The zero-order valence-electron chi connectivity index (χ0n) is 17.3. The summed E-state index contributed by atoms with van der Waals surface area (Å²) in [6.45, 7) is 2.76. The van der Waals surface area contributed by atoms with E-state index in [-0.39, 0.29) is 36.4 Å². The molecule has 7 nitrogen and oxygen atoms in total. The molecule has 1 N–H and O–H groups in total. The van der Waals surface area contributed by atoms with Crippen molar-refractivity contribution in [3.8, 4) is 5.75 Å². The zero-order chi connectivity index (χ0) is 20.5. The maximum atomic E-state index is 13.5. The second-order valence-electron chi connectivity index (χ2n) is 8.66. The first-order valence-corrected chi connectivity index (χ1v) is 10.5. The summed E-state index contributed by atoms with van der Waals surface area (Å²) >= 11 is 0. The Labute approximate surface area is 172 Å². The summed E-state index contributed by atoms with van der Waals surface area (Å²) in [4.78, 5) is 32.4. The third kappa shape index (κ3) is 3.85. The van der Waals surface area contributed by atoms with Crippen molar-refractivity contribution in [2.24, 2.45) is 11.8 Å². The third-order valence-electron chi connectivity index (χ3n) is 6.77. The van der Waals surface area contributed by atoms with Gasteiger partial charge >= 0.3 is 0 Å². The van der Waals surface area contributed by atoms with Gasteiger partial charge in [0, 0.05) is 32.3 Å². The Morgan fingerprint density at radius 1 is 1.21 bits per heavy atom. The van der Waals surface area contributed by atoms with Gasteiger partial charge in [-0.25, -0.2) is 0 Å². The highest BCUT2D eigenvalue weighted by molar-refractivity contribution is 5.85. The van der Waals surface area contributed by atoms with Gasteiger partial charge in [-0.15, -0.1) is 0 Å². The number of hydrogen-bond donors (Lipinski definition) is 1. The van der Waals surface area contributed by atoms with E-state index in [9.17, 15) is 14.7 Å². The molecule has 0 saturated carbocycles. The summed E-state index contributed by atoms with van der Waals surface area (Å²) in [5.74, 6) is 1.07. The molecule has 2 amide bonds. The summed E-state index contributed by atoms with van der Waals surface area (Å²) in [6.07, 6.45) is 2.39. The fourth-order valence-corrected chi connectivity index (χ4v) is 5.22. The lowest BCUT2D eigenvalue weighted by Gasteiger charge is -2.39. The van der Waals surface area contributed by atoms with Crippen molar-refractivity contribution in [2.45, 2.75) is 31.3 Å². The van der Waals surface area contributed by atoms with Crippen LogP contribution in [-0.2, 0) is 9.59 Å². The Morgan fingerprint density at radius 3 is 2.52 bits per heavy atom. The van der Waals surface area contributed by atoms with Crippen molar-refractivity contribution >= 4 is 11.8 Å². The number of amides is 2. The van der Waals surface area contributed by atoms with Gasteiger partial charge in [-0.2, -0.15) is 0 Å². The molecule has 158 valence electrons. The van der Waals surface area contributed by atoms with Gasteiger partial charge in [0.05, 0.1) is 25.6 Å².